The minimum atomic E-state index is -3.23. The van der Waals surface area contributed by atoms with Crippen molar-refractivity contribution in [3.8, 4) is 11.1 Å². The Morgan fingerprint density at radius 1 is 0.882 bits per heavy atom. The molecule has 1 aliphatic heterocycles. The molecule has 1 unspecified atom stereocenters. The lowest BCUT2D eigenvalue weighted by molar-refractivity contribution is 0.0972. The number of nitrogens with zero attached hydrogens (tertiary/aromatic N) is 2. The van der Waals surface area contributed by atoms with Crippen molar-refractivity contribution in [2.45, 2.75) is 24.3 Å². The first-order valence-corrected chi connectivity index (χ1v) is 12.9. The molecule has 0 fully saturated rings. The van der Waals surface area contributed by atoms with Crippen molar-refractivity contribution in [2.24, 2.45) is 0 Å². The molecule has 1 atom stereocenters. The van der Waals surface area contributed by atoms with Crippen LogP contribution in [0.5, 0.6) is 0 Å². The lowest BCUT2D eigenvalue weighted by Crippen LogP contribution is -2.13. The third-order valence-corrected chi connectivity index (χ3v) is 7.54. The summed E-state index contributed by atoms with van der Waals surface area (Å²) in [5.41, 5.74) is 6.95. The van der Waals surface area contributed by atoms with Gasteiger partial charge in [-0.1, -0.05) is 66.7 Å². The highest BCUT2D eigenvalue weighted by Gasteiger charge is 2.31. The van der Waals surface area contributed by atoms with E-state index < -0.39 is 9.84 Å². The van der Waals surface area contributed by atoms with E-state index in [4.69, 9.17) is 0 Å². The van der Waals surface area contributed by atoms with Gasteiger partial charge in [0.25, 0.3) is 0 Å². The highest BCUT2D eigenvalue weighted by Crippen LogP contribution is 2.44. The van der Waals surface area contributed by atoms with Crippen molar-refractivity contribution in [1.29, 1.82) is 0 Å². The largest absolute Gasteiger partial charge is 0.323 e. The second kappa shape index (κ2) is 8.54. The lowest BCUT2D eigenvalue weighted by Gasteiger charge is -2.18. The van der Waals surface area contributed by atoms with Crippen LogP contribution in [-0.2, 0) is 9.84 Å². The van der Waals surface area contributed by atoms with E-state index in [1.165, 1.54) is 6.26 Å². The SMILES string of the molecule is CC1=C(c2ccccc2)C(CC(=O)c2ccc(-c3ccc(S(C)(=O)=O)cc3)cc2)n2cncc21. The van der Waals surface area contributed by atoms with Crippen LogP contribution in [0.3, 0.4) is 0 Å². The number of rotatable bonds is 6. The second-order valence-corrected chi connectivity index (χ2v) is 10.6. The van der Waals surface area contributed by atoms with Gasteiger partial charge >= 0.3 is 0 Å². The van der Waals surface area contributed by atoms with E-state index in [2.05, 4.69) is 28.6 Å². The molecule has 170 valence electrons. The van der Waals surface area contributed by atoms with Gasteiger partial charge in [-0.25, -0.2) is 13.4 Å². The summed E-state index contributed by atoms with van der Waals surface area (Å²) in [6.07, 6.45) is 5.19. The number of hydrogen-bond acceptors (Lipinski definition) is 4. The zero-order valence-corrected chi connectivity index (χ0v) is 19.8. The summed E-state index contributed by atoms with van der Waals surface area (Å²) in [6, 6.07) is 24.3. The van der Waals surface area contributed by atoms with Crippen LogP contribution in [0.4, 0.5) is 0 Å². The molecule has 0 radical (unpaired) electrons. The molecule has 34 heavy (non-hydrogen) atoms. The van der Waals surface area contributed by atoms with Gasteiger partial charge in [-0.05, 0) is 46.9 Å². The molecule has 0 amide bonds. The Balaban J connectivity index is 1.39. The number of Topliss-reactive ketones (excluding diaryl/α,β-unsaturated/α-hetero) is 1. The Morgan fingerprint density at radius 3 is 2.12 bits per heavy atom. The first-order valence-electron chi connectivity index (χ1n) is 11.0. The number of fused-ring (bicyclic) bond motifs is 1. The van der Waals surface area contributed by atoms with Crippen molar-refractivity contribution in [3.05, 3.63) is 108 Å². The topological polar surface area (TPSA) is 69.0 Å². The number of imidazole rings is 1. The smallest absolute Gasteiger partial charge is 0.175 e. The van der Waals surface area contributed by atoms with Crippen molar-refractivity contribution in [1.82, 2.24) is 9.55 Å². The zero-order valence-electron chi connectivity index (χ0n) is 19.0. The second-order valence-electron chi connectivity index (χ2n) is 8.61. The molecule has 0 aliphatic carbocycles. The number of carbonyl (C=O) groups is 1. The minimum absolute atomic E-state index is 0.0618. The number of aromatic nitrogens is 2. The Hall–Kier alpha value is -3.77. The summed E-state index contributed by atoms with van der Waals surface area (Å²) in [6.45, 7) is 2.09. The van der Waals surface area contributed by atoms with Crippen molar-refractivity contribution >= 4 is 26.8 Å². The summed E-state index contributed by atoms with van der Waals surface area (Å²) in [4.78, 5) is 17.9. The van der Waals surface area contributed by atoms with E-state index in [0.29, 0.717) is 12.0 Å². The predicted molar refractivity (Wildman–Crippen MR) is 134 cm³/mol. The summed E-state index contributed by atoms with van der Waals surface area (Å²) in [5.74, 6) is 0.0618. The summed E-state index contributed by atoms with van der Waals surface area (Å²) in [5, 5.41) is 0. The molecule has 5 rings (SSSR count). The van der Waals surface area contributed by atoms with Crippen LogP contribution in [0, 0.1) is 0 Å². The van der Waals surface area contributed by atoms with Crippen LogP contribution in [0.1, 0.15) is 41.0 Å². The quantitative estimate of drug-likeness (QED) is 0.340. The maximum absolute atomic E-state index is 13.3. The number of ketones is 1. The Morgan fingerprint density at radius 2 is 1.50 bits per heavy atom. The molecule has 5 nitrogen and oxygen atoms in total. The van der Waals surface area contributed by atoms with Gasteiger partial charge in [-0.15, -0.1) is 0 Å². The van der Waals surface area contributed by atoms with Gasteiger partial charge in [0.1, 0.15) is 0 Å². The summed E-state index contributed by atoms with van der Waals surface area (Å²) < 4.78 is 25.5. The molecule has 6 heteroatoms. The van der Waals surface area contributed by atoms with Gasteiger partial charge in [-0.3, -0.25) is 4.79 Å². The Kier molecular flexibility index (Phi) is 5.54. The van der Waals surface area contributed by atoms with E-state index in [1.54, 1.807) is 30.6 Å². The lowest BCUT2D eigenvalue weighted by atomic mass is 9.91. The first kappa shape index (κ1) is 22.0. The van der Waals surface area contributed by atoms with Gasteiger partial charge < -0.3 is 4.57 Å². The standard InChI is InChI=1S/C28H24N2O3S/c1-19-26-17-29-18-30(26)25(28(19)23-6-4-3-5-7-23)16-27(31)22-10-8-20(9-11-22)21-12-14-24(15-13-21)34(2,32)33/h3-15,17-18,25H,16H2,1-2H3. The van der Waals surface area contributed by atoms with E-state index in [-0.39, 0.29) is 16.7 Å². The first-order chi connectivity index (χ1) is 16.3. The van der Waals surface area contributed by atoms with Gasteiger partial charge in [0.2, 0.25) is 0 Å². The van der Waals surface area contributed by atoms with E-state index in [0.717, 1.165) is 33.5 Å². The van der Waals surface area contributed by atoms with Crippen molar-refractivity contribution in [2.75, 3.05) is 6.26 Å². The average molecular weight is 469 g/mol. The summed E-state index contributed by atoms with van der Waals surface area (Å²) >= 11 is 0. The third kappa shape index (κ3) is 4.01. The monoisotopic (exact) mass is 468 g/mol. The van der Waals surface area contributed by atoms with Gasteiger partial charge in [0.15, 0.2) is 15.6 Å². The highest BCUT2D eigenvalue weighted by atomic mass is 32.2. The fraction of sp³-hybridized carbons (Fsp3) is 0.143. The zero-order chi connectivity index (χ0) is 23.9. The number of sulfone groups is 1. The van der Waals surface area contributed by atoms with Crippen molar-refractivity contribution < 1.29 is 13.2 Å². The fourth-order valence-corrected chi connectivity index (χ4v) is 5.26. The molecule has 1 aromatic heterocycles. The predicted octanol–water partition coefficient (Wildman–Crippen LogP) is 5.71. The number of carbonyl (C=O) groups excluding carboxylic acids is 1. The molecule has 0 saturated carbocycles. The Labute approximate surface area is 199 Å². The highest BCUT2D eigenvalue weighted by molar-refractivity contribution is 7.90. The molecule has 0 spiro atoms. The van der Waals surface area contributed by atoms with Crippen LogP contribution < -0.4 is 0 Å². The number of allylic oxidation sites excluding steroid dienone is 2. The van der Waals surface area contributed by atoms with Gasteiger partial charge in [0, 0.05) is 18.2 Å². The third-order valence-electron chi connectivity index (χ3n) is 6.41. The molecule has 4 aromatic rings. The average Bonchev–Trinajstić information content (AvgIpc) is 3.42. The minimum Gasteiger partial charge on any atom is -0.323 e. The van der Waals surface area contributed by atoms with Crippen LogP contribution in [-0.4, -0.2) is 30.0 Å². The van der Waals surface area contributed by atoms with Crippen molar-refractivity contribution in [3.63, 3.8) is 0 Å². The van der Waals surface area contributed by atoms with Gasteiger partial charge in [-0.2, -0.15) is 0 Å². The normalized spacial score (nSPS) is 15.4. The number of benzene rings is 3. The molecule has 0 N–H and O–H groups in total. The molecule has 2 heterocycles. The van der Waals surface area contributed by atoms with E-state index in [9.17, 15) is 13.2 Å². The Bertz CT molecular complexity index is 1500. The van der Waals surface area contributed by atoms with Crippen LogP contribution >= 0.6 is 0 Å². The van der Waals surface area contributed by atoms with Crippen LogP contribution in [0.15, 0.2) is 96.3 Å². The molecule has 1 aliphatic rings. The van der Waals surface area contributed by atoms with E-state index in [1.807, 2.05) is 48.7 Å². The molecule has 0 saturated heterocycles. The molecular formula is C28H24N2O3S. The molecule has 3 aromatic carbocycles. The molecular weight excluding hydrogens is 444 g/mol. The van der Waals surface area contributed by atoms with E-state index >= 15 is 0 Å². The molecule has 0 bridgehead atoms. The number of hydrogen-bond donors (Lipinski definition) is 0. The summed E-state index contributed by atoms with van der Waals surface area (Å²) in [7, 11) is -3.23. The van der Waals surface area contributed by atoms with Gasteiger partial charge in [0.05, 0.1) is 29.2 Å². The van der Waals surface area contributed by atoms with Crippen LogP contribution in [0.2, 0.25) is 0 Å². The fourth-order valence-electron chi connectivity index (χ4n) is 4.63. The maximum Gasteiger partial charge on any atom is 0.175 e. The van der Waals surface area contributed by atoms with Crippen LogP contribution in [0.25, 0.3) is 22.3 Å². The maximum atomic E-state index is 13.3.